The second-order valence-corrected chi connectivity index (χ2v) is 5.98. The molecule has 2 aromatic rings. The molecule has 1 unspecified atom stereocenters. The zero-order valence-electron chi connectivity index (χ0n) is 12.7. The molecule has 24 heavy (non-hydrogen) atoms. The number of carbonyl (C=O) groups excluding carboxylic acids is 1. The lowest BCUT2D eigenvalue weighted by molar-refractivity contribution is -0.137. The second-order valence-electron chi connectivity index (χ2n) is 5.98. The van der Waals surface area contributed by atoms with Gasteiger partial charge in [-0.1, -0.05) is 18.2 Å². The van der Waals surface area contributed by atoms with Crippen molar-refractivity contribution in [2.75, 3.05) is 0 Å². The molecule has 1 atom stereocenters. The summed E-state index contributed by atoms with van der Waals surface area (Å²) in [6.45, 7) is 0. The first-order chi connectivity index (χ1) is 11.4. The molecule has 0 radical (unpaired) electrons. The average molecular weight is 335 g/mol. The summed E-state index contributed by atoms with van der Waals surface area (Å²) < 4.78 is 37.9. The SMILES string of the molecule is O=C(NO)c1ccc2c(c1)CCC(c1ccc(C(F)(F)F)cc1)C2. The summed E-state index contributed by atoms with van der Waals surface area (Å²) in [6, 6.07) is 10.6. The number of fused-ring (bicyclic) bond motifs is 1. The van der Waals surface area contributed by atoms with Crippen LogP contribution in [0.4, 0.5) is 13.2 Å². The Balaban J connectivity index is 1.79. The van der Waals surface area contributed by atoms with Gasteiger partial charge in [-0.2, -0.15) is 13.2 Å². The molecular weight excluding hydrogens is 319 g/mol. The van der Waals surface area contributed by atoms with Crippen LogP contribution in [-0.2, 0) is 19.0 Å². The number of hydroxylamine groups is 1. The molecule has 1 amide bonds. The number of aryl methyl sites for hydroxylation is 1. The molecule has 0 saturated carbocycles. The molecule has 0 heterocycles. The maximum Gasteiger partial charge on any atom is 0.416 e. The number of rotatable bonds is 2. The lowest BCUT2D eigenvalue weighted by Crippen LogP contribution is -2.20. The smallest absolute Gasteiger partial charge is 0.288 e. The maximum atomic E-state index is 12.6. The Bertz CT molecular complexity index is 754. The standard InChI is InChI=1S/C18H16F3NO2/c19-18(20,21)16-7-5-11(6-8-16)12-1-2-14-10-15(17(23)22-24)4-3-13(14)9-12/h3-8,10,12,24H,1-2,9H2,(H,22,23). The normalized spacial score (nSPS) is 17.2. The molecule has 0 fully saturated rings. The molecule has 1 aliphatic carbocycles. The Morgan fingerprint density at radius 1 is 1.08 bits per heavy atom. The minimum atomic E-state index is -4.32. The van der Waals surface area contributed by atoms with E-state index in [-0.39, 0.29) is 5.92 Å². The van der Waals surface area contributed by atoms with E-state index in [1.54, 1.807) is 29.7 Å². The van der Waals surface area contributed by atoms with E-state index >= 15 is 0 Å². The molecule has 2 N–H and O–H groups in total. The van der Waals surface area contributed by atoms with Crippen LogP contribution in [0.2, 0.25) is 0 Å². The predicted octanol–water partition coefficient (Wildman–Crippen LogP) is 4.10. The number of hydrogen-bond acceptors (Lipinski definition) is 2. The van der Waals surface area contributed by atoms with Crippen molar-refractivity contribution in [3.63, 3.8) is 0 Å². The van der Waals surface area contributed by atoms with Crippen molar-refractivity contribution in [2.45, 2.75) is 31.4 Å². The minimum absolute atomic E-state index is 0.164. The Morgan fingerprint density at radius 3 is 2.42 bits per heavy atom. The Kier molecular flexibility index (Phi) is 4.32. The van der Waals surface area contributed by atoms with Crippen LogP contribution < -0.4 is 5.48 Å². The van der Waals surface area contributed by atoms with Crippen molar-refractivity contribution in [3.8, 4) is 0 Å². The predicted molar refractivity (Wildman–Crippen MR) is 81.9 cm³/mol. The highest BCUT2D eigenvalue weighted by Gasteiger charge is 2.30. The molecule has 126 valence electrons. The third-order valence-corrected chi connectivity index (χ3v) is 4.51. The number of benzene rings is 2. The van der Waals surface area contributed by atoms with Gasteiger partial charge in [-0.25, -0.2) is 5.48 Å². The minimum Gasteiger partial charge on any atom is -0.288 e. The van der Waals surface area contributed by atoms with Crippen molar-refractivity contribution < 1.29 is 23.2 Å². The largest absolute Gasteiger partial charge is 0.416 e. The van der Waals surface area contributed by atoms with Gasteiger partial charge in [0.15, 0.2) is 0 Å². The zero-order valence-corrected chi connectivity index (χ0v) is 12.7. The van der Waals surface area contributed by atoms with Crippen LogP contribution in [-0.4, -0.2) is 11.1 Å². The summed E-state index contributed by atoms with van der Waals surface area (Å²) in [5, 5.41) is 8.68. The van der Waals surface area contributed by atoms with Crippen LogP contribution in [0.25, 0.3) is 0 Å². The molecule has 0 saturated heterocycles. The van der Waals surface area contributed by atoms with E-state index < -0.39 is 17.6 Å². The van der Waals surface area contributed by atoms with E-state index in [4.69, 9.17) is 5.21 Å². The van der Waals surface area contributed by atoms with Gasteiger partial charge >= 0.3 is 6.18 Å². The second kappa shape index (κ2) is 6.28. The van der Waals surface area contributed by atoms with Gasteiger partial charge in [0.05, 0.1) is 5.56 Å². The highest BCUT2D eigenvalue weighted by atomic mass is 19.4. The first kappa shape index (κ1) is 16.5. The summed E-state index contributed by atoms with van der Waals surface area (Å²) in [5.74, 6) is -0.389. The first-order valence-corrected chi connectivity index (χ1v) is 7.62. The molecule has 0 aliphatic heterocycles. The summed E-state index contributed by atoms with van der Waals surface area (Å²) in [6.07, 6.45) is -2.04. The van der Waals surface area contributed by atoms with Crippen molar-refractivity contribution in [2.24, 2.45) is 0 Å². The molecule has 1 aliphatic rings. The van der Waals surface area contributed by atoms with E-state index in [9.17, 15) is 18.0 Å². The quantitative estimate of drug-likeness (QED) is 0.641. The fourth-order valence-corrected chi connectivity index (χ4v) is 3.19. The fraction of sp³-hybridized carbons (Fsp3) is 0.278. The van der Waals surface area contributed by atoms with Crippen molar-refractivity contribution in [1.82, 2.24) is 5.48 Å². The van der Waals surface area contributed by atoms with Gasteiger partial charge in [0, 0.05) is 5.56 Å². The summed E-state index contributed by atoms with van der Waals surface area (Å²) in [7, 11) is 0. The van der Waals surface area contributed by atoms with Gasteiger partial charge in [-0.05, 0) is 66.1 Å². The van der Waals surface area contributed by atoms with Crippen molar-refractivity contribution >= 4 is 5.91 Å². The summed E-state index contributed by atoms with van der Waals surface area (Å²) in [4.78, 5) is 11.4. The highest BCUT2D eigenvalue weighted by Crippen LogP contribution is 2.35. The molecule has 3 rings (SSSR count). The van der Waals surface area contributed by atoms with Gasteiger partial charge in [-0.15, -0.1) is 0 Å². The third-order valence-electron chi connectivity index (χ3n) is 4.51. The lowest BCUT2D eigenvalue weighted by atomic mass is 9.79. The van der Waals surface area contributed by atoms with E-state index in [0.717, 1.165) is 48.1 Å². The number of nitrogens with one attached hydrogen (secondary N) is 1. The van der Waals surface area contributed by atoms with Crippen molar-refractivity contribution in [1.29, 1.82) is 0 Å². The van der Waals surface area contributed by atoms with E-state index in [1.165, 1.54) is 0 Å². The molecule has 0 spiro atoms. The lowest BCUT2D eigenvalue weighted by Gasteiger charge is -2.25. The molecule has 0 bridgehead atoms. The summed E-state index contributed by atoms with van der Waals surface area (Å²) in [5.41, 5.74) is 4.38. The number of carbonyl (C=O) groups is 1. The van der Waals surface area contributed by atoms with Crippen LogP contribution >= 0.6 is 0 Å². The molecular formula is C18H16F3NO2. The van der Waals surface area contributed by atoms with Crippen LogP contribution in [0.3, 0.4) is 0 Å². The van der Waals surface area contributed by atoms with E-state index in [1.807, 2.05) is 6.07 Å². The van der Waals surface area contributed by atoms with Crippen LogP contribution in [0.1, 0.15) is 45.0 Å². The first-order valence-electron chi connectivity index (χ1n) is 7.62. The van der Waals surface area contributed by atoms with Crippen molar-refractivity contribution in [3.05, 3.63) is 70.3 Å². The molecule has 2 aromatic carbocycles. The van der Waals surface area contributed by atoms with Gasteiger partial charge in [0.25, 0.3) is 5.91 Å². The third kappa shape index (κ3) is 3.28. The molecule has 6 heteroatoms. The Morgan fingerprint density at radius 2 is 1.79 bits per heavy atom. The number of hydrogen-bond donors (Lipinski definition) is 2. The average Bonchev–Trinajstić information content (AvgIpc) is 2.59. The zero-order chi connectivity index (χ0) is 17.3. The highest BCUT2D eigenvalue weighted by molar-refractivity contribution is 5.93. The molecule has 3 nitrogen and oxygen atoms in total. The Labute approximate surface area is 137 Å². The van der Waals surface area contributed by atoms with Gasteiger partial charge in [0.2, 0.25) is 0 Å². The monoisotopic (exact) mass is 335 g/mol. The molecule has 0 aromatic heterocycles. The van der Waals surface area contributed by atoms with Crippen LogP contribution in [0.5, 0.6) is 0 Å². The van der Waals surface area contributed by atoms with E-state index in [0.29, 0.717) is 5.56 Å². The fourth-order valence-electron chi connectivity index (χ4n) is 3.19. The number of amides is 1. The Hall–Kier alpha value is -2.34. The van der Waals surface area contributed by atoms with Crippen LogP contribution in [0, 0.1) is 0 Å². The number of alkyl halides is 3. The summed E-state index contributed by atoms with van der Waals surface area (Å²) >= 11 is 0. The van der Waals surface area contributed by atoms with Gasteiger partial charge in [-0.3, -0.25) is 10.0 Å². The number of halogens is 3. The topological polar surface area (TPSA) is 49.3 Å². The van der Waals surface area contributed by atoms with E-state index in [2.05, 4.69) is 0 Å². The van der Waals surface area contributed by atoms with Gasteiger partial charge in [0.1, 0.15) is 0 Å². The maximum absolute atomic E-state index is 12.6. The van der Waals surface area contributed by atoms with Gasteiger partial charge < -0.3 is 0 Å². The van der Waals surface area contributed by atoms with Crippen LogP contribution in [0.15, 0.2) is 42.5 Å².